The van der Waals surface area contributed by atoms with Gasteiger partial charge in [0.15, 0.2) is 0 Å². The van der Waals surface area contributed by atoms with E-state index in [-0.39, 0.29) is 0 Å². The minimum absolute atomic E-state index is 0.854. The maximum absolute atomic E-state index is 4.62. The molecule has 1 heterocycles. The molecule has 1 aromatic heterocycles. The summed E-state index contributed by atoms with van der Waals surface area (Å²) in [4.78, 5) is 0. The lowest BCUT2D eigenvalue weighted by Crippen LogP contribution is -2.11. The molecular formula is C17H19N3. The first kappa shape index (κ1) is 12.9. The molecule has 0 amide bonds. The molecule has 0 aliphatic rings. The molecule has 0 saturated heterocycles. The Labute approximate surface area is 119 Å². The van der Waals surface area contributed by atoms with Crippen LogP contribution in [0.15, 0.2) is 48.7 Å². The summed E-state index contributed by atoms with van der Waals surface area (Å²) >= 11 is 0. The average Bonchev–Trinajstić information content (AvgIpc) is 2.85. The summed E-state index contributed by atoms with van der Waals surface area (Å²) in [6, 6.07) is 15.0. The quantitative estimate of drug-likeness (QED) is 0.784. The molecule has 0 spiro atoms. The standard InChI is InChI=1S/C17H19N3/c1-3-18-11-16-12-20(2)19-17(16)15-9-8-13-6-4-5-7-14(13)10-15/h4-10,12,18H,3,11H2,1-2H3. The molecule has 0 saturated carbocycles. The Morgan fingerprint density at radius 1 is 1.10 bits per heavy atom. The van der Waals surface area contributed by atoms with Crippen LogP contribution in [0.4, 0.5) is 0 Å². The topological polar surface area (TPSA) is 29.9 Å². The summed E-state index contributed by atoms with van der Waals surface area (Å²) in [6.07, 6.45) is 2.09. The monoisotopic (exact) mass is 265 g/mol. The van der Waals surface area contributed by atoms with Crippen LogP contribution in [0.2, 0.25) is 0 Å². The second-order valence-corrected chi connectivity index (χ2v) is 5.02. The summed E-state index contributed by atoms with van der Waals surface area (Å²) in [6.45, 7) is 3.94. The third-order valence-corrected chi connectivity index (χ3v) is 3.49. The van der Waals surface area contributed by atoms with Gasteiger partial charge in [-0.2, -0.15) is 5.10 Å². The summed E-state index contributed by atoms with van der Waals surface area (Å²) in [5.41, 5.74) is 3.49. The number of hydrogen-bond donors (Lipinski definition) is 1. The van der Waals surface area contributed by atoms with Crippen LogP contribution in [-0.2, 0) is 13.6 Å². The molecule has 1 N–H and O–H groups in total. The molecular weight excluding hydrogens is 246 g/mol. The van der Waals surface area contributed by atoms with Gasteiger partial charge >= 0.3 is 0 Å². The Kier molecular flexibility index (Phi) is 3.52. The minimum atomic E-state index is 0.854. The number of rotatable bonds is 4. The molecule has 0 aliphatic carbocycles. The van der Waals surface area contributed by atoms with Gasteiger partial charge in [0.2, 0.25) is 0 Å². The van der Waals surface area contributed by atoms with Gasteiger partial charge in [-0.1, -0.05) is 43.3 Å². The highest BCUT2D eigenvalue weighted by Gasteiger charge is 2.10. The number of nitrogens with zero attached hydrogens (tertiary/aromatic N) is 2. The zero-order chi connectivity index (χ0) is 13.9. The number of nitrogens with one attached hydrogen (secondary N) is 1. The number of aryl methyl sites for hydroxylation is 1. The highest BCUT2D eigenvalue weighted by atomic mass is 15.3. The SMILES string of the molecule is CCNCc1cn(C)nc1-c1ccc2ccccc2c1. The zero-order valence-corrected chi connectivity index (χ0v) is 11.9. The molecule has 20 heavy (non-hydrogen) atoms. The van der Waals surface area contributed by atoms with Crippen LogP contribution in [0, 0.1) is 0 Å². The second kappa shape index (κ2) is 5.47. The van der Waals surface area contributed by atoms with E-state index in [2.05, 4.69) is 66.0 Å². The van der Waals surface area contributed by atoms with Gasteiger partial charge in [0.25, 0.3) is 0 Å². The number of benzene rings is 2. The lowest BCUT2D eigenvalue weighted by Gasteiger charge is -2.05. The van der Waals surface area contributed by atoms with Crippen LogP contribution in [0.25, 0.3) is 22.0 Å². The molecule has 0 bridgehead atoms. The van der Waals surface area contributed by atoms with E-state index in [1.807, 2.05) is 11.7 Å². The molecule has 0 aliphatic heterocycles. The fourth-order valence-electron chi connectivity index (χ4n) is 2.51. The van der Waals surface area contributed by atoms with Crippen LogP contribution >= 0.6 is 0 Å². The van der Waals surface area contributed by atoms with Gasteiger partial charge in [-0.15, -0.1) is 0 Å². The van der Waals surface area contributed by atoms with Crippen molar-refractivity contribution in [3.05, 3.63) is 54.2 Å². The van der Waals surface area contributed by atoms with Crippen molar-refractivity contribution in [2.24, 2.45) is 7.05 Å². The van der Waals surface area contributed by atoms with Crippen LogP contribution in [0.5, 0.6) is 0 Å². The van der Waals surface area contributed by atoms with E-state index < -0.39 is 0 Å². The second-order valence-electron chi connectivity index (χ2n) is 5.02. The van der Waals surface area contributed by atoms with Crippen LogP contribution < -0.4 is 5.32 Å². The fourth-order valence-corrected chi connectivity index (χ4v) is 2.51. The largest absolute Gasteiger partial charge is 0.313 e. The number of hydrogen-bond acceptors (Lipinski definition) is 2. The molecule has 3 rings (SSSR count). The average molecular weight is 265 g/mol. The van der Waals surface area contributed by atoms with Crippen molar-refractivity contribution >= 4 is 10.8 Å². The Morgan fingerprint density at radius 2 is 1.90 bits per heavy atom. The van der Waals surface area contributed by atoms with E-state index in [9.17, 15) is 0 Å². The van der Waals surface area contributed by atoms with Crippen molar-refractivity contribution in [1.82, 2.24) is 15.1 Å². The first-order valence-corrected chi connectivity index (χ1v) is 7.00. The highest BCUT2D eigenvalue weighted by Crippen LogP contribution is 2.26. The van der Waals surface area contributed by atoms with Crippen molar-refractivity contribution in [3.63, 3.8) is 0 Å². The number of aromatic nitrogens is 2. The lowest BCUT2D eigenvalue weighted by molar-refractivity contribution is 0.724. The summed E-state index contributed by atoms with van der Waals surface area (Å²) in [7, 11) is 1.97. The van der Waals surface area contributed by atoms with Crippen molar-refractivity contribution in [1.29, 1.82) is 0 Å². The van der Waals surface area contributed by atoms with E-state index in [0.717, 1.165) is 18.8 Å². The van der Waals surface area contributed by atoms with Crippen molar-refractivity contribution in [3.8, 4) is 11.3 Å². The summed E-state index contributed by atoms with van der Waals surface area (Å²) in [5, 5.41) is 10.5. The smallest absolute Gasteiger partial charge is 0.0968 e. The van der Waals surface area contributed by atoms with Crippen molar-refractivity contribution in [2.45, 2.75) is 13.5 Å². The van der Waals surface area contributed by atoms with E-state index in [4.69, 9.17) is 0 Å². The molecule has 2 aromatic carbocycles. The van der Waals surface area contributed by atoms with E-state index >= 15 is 0 Å². The van der Waals surface area contributed by atoms with E-state index in [1.165, 1.54) is 21.9 Å². The molecule has 0 atom stereocenters. The van der Waals surface area contributed by atoms with Gasteiger partial charge in [0, 0.05) is 30.9 Å². The van der Waals surface area contributed by atoms with Crippen molar-refractivity contribution in [2.75, 3.05) is 6.54 Å². The third kappa shape index (κ3) is 2.45. The van der Waals surface area contributed by atoms with Gasteiger partial charge in [-0.25, -0.2) is 0 Å². The van der Waals surface area contributed by atoms with Gasteiger partial charge in [-0.3, -0.25) is 4.68 Å². The molecule has 0 unspecified atom stereocenters. The Morgan fingerprint density at radius 3 is 2.70 bits per heavy atom. The van der Waals surface area contributed by atoms with E-state index in [1.54, 1.807) is 0 Å². The maximum Gasteiger partial charge on any atom is 0.0968 e. The predicted molar refractivity (Wildman–Crippen MR) is 83.5 cm³/mol. The van der Waals surface area contributed by atoms with Gasteiger partial charge in [0.1, 0.15) is 0 Å². The van der Waals surface area contributed by atoms with Crippen LogP contribution in [-0.4, -0.2) is 16.3 Å². The summed E-state index contributed by atoms with van der Waals surface area (Å²) in [5.74, 6) is 0. The Balaban J connectivity index is 2.05. The zero-order valence-electron chi connectivity index (χ0n) is 11.9. The van der Waals surface area contributed by atoms with E-state index in [0.29, 0.717) is 0 Å². The van der Waals surface area contributed by atoms with Crippen LogP contribution in [0.3, 0.4) is 0 Å². The highest BCUT2D eigenvalue weighted by molar-refractivity contribution is 5.87. The first-order valence-electron chi connectivity index (χ1n) is 7.00. The Bertz CT molecular complexity index is 728. The lowest BCUT2D eigenvalue weighted by atomic mass is 10.0. The summed E-state index contributed by atoms with van der Waals surface area (Å²) < 4.78 is 1.89. The predicted octanol–water partition coefficient (Wildman–Crippen LogP) is 3.35. The third-order valence-electron chi connectivity index (χ3n) is 3.49. The minimum Gasteiger partial charge on any atom is -0.313 e. The normalized spacial score (nSPS) is 11.1. The van der Waals surface area contributed by atoms with Crippen molar-refractivity contribution < 1.29 is 0 Å². The fraction of sp³-hybridized carbons (Fsp3) is 0.235. The molecule has 3 aromatic rings. The van der Waals surface area contributed by atoms with Gasteiger partial charge < -0.3 is 5.32 Å². The molecule has 3 nitrogen and oxygen atoms in total. The van der Waals surface area contributed by atoms with Gasteiger partial charge in [-0.05, 0) is 23.4 Å². The van der Waals surface area contributed by atoms with Crippen LogP contribution in [0.1, 0.15) is 12.5 Å². The number of fused-ring (bicyclic) bond motifs is 1. The molecule has 102 valence electrons. The van der Waals surface area contributed by atoms with Gasteiger partial charge in [0.05, 0.1) is 5.69 Å². The maximum atomic E-state index is 4.62. The Hall–Kier alpha value is -2.13. The molecule has 0 fully saturated rings. The first-order chi connectivity index (χ1) is 9.78. The molecule has 0 radical (unpaired) electrons. The molecule has 3 heteroatoms.